The number of hydrogen-bond donors (Lipinski definition) is 4. The molecule has 2 aromatic heterocycles. The Morgan fingerprint density at radius 1 is 1.04 bits per heavy atom. The Morgan fingerprint density at radius 3 is 2.71 bits per heavy atom. The van der Waals surface area contributed by atoms with Crippen LogP contribution in [0.15, 0.2) is 54.7 Å². The minimum Gasteiger partial charge on any atom is -0.394 e. The third-order valence-corrected chi connectivity index (χ3v) is 4.25. The Kier molecular flexibility index (Phi) is 4.65. The van der Waals surface area contributed by atoms with E-state index in [9.17, 15) is 14.7 Å². The van der Waals surface area contributed by atoms with E-state index in [0.717, 1.165) is 10.9 Å². The minimum atomic E-state index is -1.11. The van der Waals surface area contributed by atoms with Crippen molar-refractivity contribution in [1.29, 1.82) is 0 Å². The third kappa shape index (κ3) is 3.51. The lowest BCUT2D eigenvalue weighted by Gasteiger charge is -2.16. The summed E-state index contributed by atoms with van der Waals surface area (Å²) >= 11 is 0. The first-order valence-corrected chi connectivity index (χ1v) is 8.52. The fourth-order valence-electron chi connectivity index (χ4n) is 2.80. The maximum atomic E-state index is 12.5. The molecule has 2 amide bonds. The van der Waals surface area contributed by atoms with Gasteiger partial charge in [-0.25, -0.2) is 0 Å². The summed E-state index contributed by atoms with van der Waals surface area (Å²) in [5.41, 5.74) is 2.81. The molecule has 28 heavy (non-hydrogen) atoms. The Bertz CT molecular complexity index is 1170. The Labute approximate surface area is 158 Å². The summed E-state index contributed by atoms with van der Waals surface area (Å²) in [4.78, 5) is 29.2. The van der Waals surface area contributed by atoms with Crippen LogP contribution in [0, 0.1) is 0 Å². The van der Waals surface area contributed by atoms with Crippen LogP contribution >= 0.6 is 0 Å². The van der Waals surface area contributed by atoms with Crippen molar-refractivity contribution in [1.82, 2.24) is 25.7 Å². The zero-order valence-electron chi connectivity index (χ0n) is 14.6. The largest absolute Gasteiger partial charge is 0.394 e. The lowest BCUT2D eigenvalue weighted by molar-refractivity contribution is -0.118. The van der Waals surface area contributed by atoms with Gasteiger partial charge >= 0.3 is 0 Å². The molecule has 0 saturated heterocycles. The molecule has 0 aliphatic carbocycles. The number of hydrogen-bond acceptors (Lipinski definition) is 6. The number of nitrogens with one attached hydrogen (secondary N) is 3. The number of carbonyl (C=O) groups excluding carboxylic acids is 2. The monoisotopic (exact) mass is 376 g/mol. The van der Waals surface area contributed by atoms with Gasteiger partial charge in [0.1, 0.15) is 17.1 Å². The minimum absolute atomic E-state index is 0.310. The summed E-state index contributed by atoms with van der Waals surface area (Å²) in [6.45, 7) is -0.543. The van der Waals surface area contributed by atoms with E-state index >= 15 is 0 Å². The number of anilines is 1. The second-order valence-corrected chi connectivity index (χ2v) is 6.14. The molecule has 9 nitrogen and oxygen atoms in total. The maximum Gasteiger partial charge on any atom is 0.252 e. The smallest absolute Gasteiger partial charge is 0.252 e. The van der Waals surface area contributed by atoms with Crippen LogP contribution in [-0.2, 0) is 4.79 Å². The van der Waals surface area contributed by atoms with E-state index < -0.39 is 24.5 Å². The summed E-state index contributed by atoms with van der Waals surface area (Å²) in [5, 5.41) is 26.0. The predicted octanol–water partition coefficient (Wildman–Crippen LogP) is 1.24. The molecule has 0 bridgehead atoms. The number of aliphatic hydroxyl groups is 1. The molecule has 1 unspecified atom stereocenters. The quantitative estimate of drug-likeness (QED) is 0.414. The topological polar surface area (TPSA) is 133 Å². The van der Waals surface area contributed by atoms with E-state index in [4.69, 9.17) is 0 Å². The van der Waals surface area contributed by atoms with Gasteiger partial charge in [0.05, 0.1) is 12.1 Å². The first kappa shape index (κ1) is 17.6. The molecule has 4 aromatic rings. The van der Waals surface area contributed by atoms with Crippen LogP contribution in [0.1, 0.15) is 10.4 Å². The highest BCUT2D eigenvalue weighted by Crippen LogP contribution is 2.17. The highest BCUT2D eigenvalue weighted by atomic mass is 16.3. The van der Waals surface area contributed by atoms with Gasteiger partial charge in [0, 0.05) is 22.8 Å². The van der Waals surface area contributed by atoms with Crippen LogP contribution in [0.2, 0.25) is 0 Å². The average Bonchev–Trinajstić information content (AvgIpc) is 3.19. The van der Waals surface area contributed by atoms with Crippen molar-refractivity contribution in [2.45, 2.75) is 6.04 Å². The maximum absolute atomic E-state index is 12.5. The molecular formula is C19H16N6O3. The van der Waals surface area contributed by atoms with Crippen LogP contribution in [0.5, 0.6) is 0 Å². The van der Waals surface area contributed by atoms with Crippen molar-refractivity contribution in [3.8, 4) is 0 Å². The van der Waals surface area contributed by atoms with Crippen LogP contribution in [0.3, 0.4) is 0 Å². The van der Waals surface area contributed by atoms with E-state index in [1.165, 1.54) is 0 Å². The number of nitrogens with zero attached hydrogens (tertiary/aromatic N) is 3. The molecule has 4 rings (SSSR count). The van der Waals surface area contributed by atoms with E-state index in [-0.39, 0.29) is 0 Å². The number of aliphatic hydroxyl groups excluding tert-OH is 1. The SMILES string of the molecule is O=C(NC(CO)C(=O)Nc1ccc2ncccc2c1)c1ccc2n[nH]nc2c1. The van der Waals surface area contributed by atoms with Gasteiger partial charge in [0.2, 0.25) is 5.91 Å². The van der Waals surface area contributed by atoms with Crippen LogP contribution < -0.4 is 10.6 Å². The molecular weight excluding hydrogens is 360 g/mol. The summed E-state index contributed by atoms with van der Waals surface area (Å²) < 4.78 is 0. The summed E-state index contributed by atoms with van der Waals surface area (Å²) in [6.07, 6.45) is 1.69. The van der Waals surface area contributed by atoms with Crippen LogP contribution in [0.25, 0.3) is 21.9 Å². The standard InChI is InChI=1S/C19H16N6O3/c26-10-17(22-18(27)12-3-5-15-16(9-12)24-25-23-15)19(28)21-13-4-6-14-11(8-13)2-1-7-20-14/h1-9,17,26H,10H2,(H,21,28)(H,22,27)(H,23,24,25). The highest BCUT2D eigenvalue weighted by Gasteiger charge is 2.21. The van der Waals surface area contributed by atoms with E-state index in [1.54, 1.807) is 48.7 Å². The van der Waals surface area contributed by atoms with E-state index in [0.29, 0.717) is 22.3 Å². The summed E-state index contributed by atoms with van der Waals surface area (Å²) in [6, 6.07) is 12.6. The van der Waals surface area contributed by atoms with Crippen molar-refractivity contribution in [3.63, 3.8) is 0 Å². The van der Waals surface area contributed by atoms with Crippen LogP contribution in [0.4, 0.5) is 5.69 Å². The third-order valence-electron chi connectivity index (χ3n) is 4.25. The van der Waals surface area contributed by atoms with Gasteiger partial charge < -0.3 is 15.7 Å². The number of amides is 2. The molecule has 0 fully saturated rings. The Balaban J connectivity index is 1.47. The normalized spacial score (nSPS) is 12.0. The molecule has 0 aliphatic heterocycles. The van der Waals surface area contributed by atoms with Gasteiger partial charge in [-0.1, -0.05) is 6.07 Å². The molecule has 0 aliphatic rings. The molecule has 2 heterocycles. The van der Waals surface area contributed by atoms with Gasteiger partial charge in [0.25, 0.3) is 5.91 Å². The van der Waals surface area contributed by atoms with Crippen molar-refractivity contribution in [2.75, 3.05) is 11.9 Å². The van der Waals surface area contributed by atoms with Gasteiger partial charge in [-0.05, 0) is 42.5 Å². The second kappa shape index (κ2) is 7.41. The predicted molar refractivity (Wildman–Crippen MR) is 103 cm³/mol. The molecule has 140 valence electrons. The number of carbonyl (C=O) groups is 2. The van der Waals surface area contributed by atoms with E-state index in [1.807, 2.05) is 6.07 Å². The average molecular weight is 376 g/mol. The van der Waals surface area contributed by atoms with Crippen molar-refractivity contribution in [3.05, 3.63) is 60.3 Å². The number of aromatic amines is 1. The number of fused-ring (bicyclic) bond motifs is 2. The molecule has 0 spiro atoms. The lowest BCUT2D eigenvalue weighted by Crippen LogP contribution is -2.46. The number of H-pyrrole nitrogens is 1. The van der Waals surface area contributed by atoms with E-state index in [2.05, 4.69) is 31.0 Å². The zero-order valence-corrected chi connectivity index (χ0v) is 14.6. The summed E-state index contributed by atoms with van der Waals surface area (Å²) in [7, 11) is 0. The Hall–Kier alpha value is -3.85. The number of pyridine rings is 1. The molecule has 0 saturated carbocycles. The first-order valence-electron chi connectivity index (χ1n) is 8.52. The van der Waals surface area contributed by atoms with Crippen molar-refractivity contribution in [2.24, 2.45) is 0 Å². The van der Waals surface area contributed by atoms with Crippen molar-refractivity contribution >= 4 is 39.4 Å². The zero-order chi connectivity index (χ0) is 19.5. The summed E-state index contributed by atoms with van der Waals surface area (Å²) in [5.74, 6) is -1.02. The van der Waals surface area contributed by atoms with Crippen LogP contribution in [-0.4, -0.2) is 50.0 Å². The molecule has 0 radical (unpaired) electrons. The molecule has 9 heteroatoms. The van der Waals surface area contributed by atoms with Gasteiger partial charge in [-0.3, -0.25) is 14.6 Å². The van der Waals surface area contributed by atoms with Crippen molar-refractivity contribution < 1.29 is 14.7 Å². The Morgan fingerprint density at radius 2 is 1.86 bits per heavy atom. The fourth-order valence-corrected chi connectivity index (χ4v) is 2.80. The fraction of sp³-hybridized carbons (Fsp3) is 0.105. The number of benzene rings is 2. The van der Waals surface area contributed by atoms with Gasteiger partial charge in [-0.2, -0.15) is 15.4 Å². The van der Waals surface area contributed by atoms with Gasteiger partial charge in [-0.15, -0.1) is 0 Å². The highest BCUT2D eigenvalue weighted by molar-refractivity contribution is 6.03. The number of aromatic nitrogens is 4. The number of rotatable bonds is 5. The molecule has 2 aromatic carbocycles. The lowest BCUT2D eigenvalue weighted by atomic mass is 10.1. The second-order valence-electron chi connectivity index (χ2n) is 6.14. The first-order chi connectivity index (χ1) is 13.6. The van der Waals surface area contributed by atoms with Gasteiger partial charge in [0.15, 0.2) is 0 Å². The molecule has 4 N–H and O–H groups in total. The molecule has 1 atom stereocenters.